The molecule has 10 heteroatoms. The van der Waals surface area contributed by atoms with E-state index in [4.69, 9.17) is 5.73 Å². The van der Waals surface area contributed by atoms with Crippen molar-refractivity contribution in [1.82, 2.24) is 15.5 Å². The quantitative estimate of drug-likeness (QED) is 0.508. The van der Waals surface area contributed by atoms with Gasteiger partial charge in [0.1, 0.15) is 10.0 Å². The van der Waals surface area contributed by atoms with Crippen molar-refractivity contribution in [3.63, 3.8) is 0 Å². The average Bonchev–Trinajstić information content (AvgIpc) is 3.17. The van der Waals surface area contributed by atoms with Crippen molar-refractivity contribution in [2.45, 2.75) is 32.1 Å². The van der Waals surface area contributed by atoms with Crippen LogP contribution in [0.4, 0.5) is 13.2 Å². The normalized spacial score (nSPS) is 12.6. The maximum Gasteiger partial charge on any atom is 0.416 e. The van der Waals surface area contributed by atoms with E-state index in [0.717, 1.165) is 34.6 Å². The number of hydrogen-bond acceptors (Lipinski definition) is 5. The zero-order valence-corrected chi connectivity index (χ0v) is 18.2. The fourth-order valence-corrected chi connectivity index (χ4v) is 4.24. The molecule has 158 valence electrons. The molecule has 1 unspecified atom stereocenters. The second-order valence-corrected chi connectivity index (χ2v) is 8.57. The zero-order valence-electron chi connectivity index (χ0n) is 15.8. The summed E-state index contributed by atoms with van der Waals surface area (Å²) in [5.74, 6) is -0.239. The van der Waals surface area contributed by atoms with Crippen molar-refractivity contribution >= 4 is 33.2 Å². The average molecular weight is 499 g/mol. The van der Waals surface area contributed by atoms with Crippen molar-refractivity contribution in [1.29, 1.82) is 0 Å². The van der Waals surface area contributed by atoms with Gasteiger partial charge >= 0.3 is 6.18 Å². The fourth-order valence-electron chi connectivity index (χ4n) is 2.86. The van der Waals surface area contributed by atoms with Crippen LogP contribution in [0, 0.1) is 0 Å². The Morgan fingerprint density at radius 2 is 1.83 bits per heavy atom. The molecule has 1 heterocycles. The molecule has 5 nitrogen and oxygen atoms in total. The highest BCUT2D eigenvalue weighted by Crippen LogP contribution is 2.36. The van der Waals surface area contributed by atoms with E-state index >= 15 is 0 Å². The molecule has 0 aliphatic rings. The standard InChI is InChI=1S/C20H18BrF3N4OS/c1-11(29)26-17(6-12-2-4-13(10-25)5-3-12)19-28-27-18(30-19)14-7-15(20(22,23)24)9-16(21)8-14/h2-5,7-9,17H,6,10,25H2,1H3,(H,26,29). The molecule has 0 spiro atoms. The first-order valence-corrected chi connectivity index (χ1v) is 10.5. The van der Waals surface area contributed by atoms with Gasteiger partial charge in [0.2, 0.25) is 5.91 Å². The number of nitrogens with zero attached hydrogens (tertiary/aromatic N) is 2. The zero-order chi connectivity index (χ0) is 21.9. The lowest BCUT2D eigenvalue weighted by molar-refractivity contribution is -0.137. The molecule has 0 saturated heterocycles. The van der Waals surface area contributed by atoms with E-state index in [2.05, 4.69) is 31.4 Å². The number of nitrogens with two attached hydrogens (primary N) is 1. The second kappa shape index (κ2) is 9.23. The van der Waals surface area contributed by atoms with Gasteiger partial charge in [-0.3, -0.25) is 4.79 Å². The first-order valence-electron chi connectivity index (χ1n) is 8.92. The van der Waals surface area contributed by atoms with E-state index in [9.17, 15) is 18.0 Å². The third kappa shape index (κ3) is 5.65. The van der Waals surface area contributed by atoms with Crippen LogP contribution in [0.25, 0.3) is 10.6 Å². The van der Waals surface area contributed by atoms with Crippen molar-refractivity contribution in [3.8, 4) is 10.6 Å². The number of hydrogen-bond donors (Lipinski definition) is 2. The van der Waals surface area contributed by atoms with Crippen molar-refractivity contribution in [2.75, 3.05) is 0 Å². The van der Waals surface area contributed by atoms with Gasteiger partial charge in [0.05, 0.1) is 11.6 Å². The molecule has 1 atom stereocenters. The van der Waals surface area contributed by atoms with Gasteiger partial charge in [-0.05, 0) is 35.7 Å². The number of alkyl halides is 3. The van der Waals surface area contributed by atoms with Crippen LogP contribution in [0.2, 0.25) is 0 Å². The molecule has 2 aromatic carbocycles. The molecule has 30 heavy (non-hydrogen) atoms. The Balaban J connectivity index is 1.90. The summed E-state index contributed by atoms with van der Waals surface area (Å²) in [7, 11) is 0. The van der Waals surface area contributed by atoms with Crippen LogP contribution in [-0.4, -0.2) is 16.1 Å². The number of carbonyl (C=O) groups is 1. The van der Waals surface area contributed by atoms with E-state index in [0.29, 0.717) is 33.0 Å². The SMILES string of the molecule is CC(=O)NC(Cc1ccc(CN)cc1)c1nnc(-c2cc(Br)cc(C(F)(F)F)c2)s1. The molecule has 3 N–H and O–H groups in total. The first kappa shape index (κ1) is 22.4. The molecule has 0 fully saturated rings. The van der Waals surface area contributed by atoms with Crippen LogP contribution < -0.4 is 11.1 Å². The molecule has 3 aromatic rings. The van der Waals surface area contributed by atoms with Gasteiger partial charge in [0.25, 0.3) is 0 Å². The molecule has 0 aliphatic heterocycles. The Bertz CT molecular complexity index is 1040. The maximum absolute atomic E-state index is 13.1. The van der Waals surface area contributed by atoms with Crippen LogP contribution in [-0.2, 0) is 23.9 Å². The number of aromatic nitrogens is 2. The van der Waals surface area contributed by atoms with Crippen LogP contribution in [0.3, 0.4) is 0 Å². The number of benzene rings is 2. The third-order valence-electron chi connectivity index (χ3n) is 4.29. The molecule has 0 radical (unpaired) electrons. The van der Waals surface area contributed by atoms with Gasteiger partial charge in [-0.15, -0.1) is 10.2 Å². The third-order valence-corrected chi connectivity index (χ3v) is 5.83. The van der Waals surface area contributed by atoms with Crippen molar-refractivity contribution in [2.24, 2.45) is 5.73 Å². The highest BCUT2D eigenvalue weighted by atomic mass is 79.9. The van der Waals surface area contributed by atoms with Gasteiger partial charge in [0, 0.05) is 23.5 Å². The van der Waals surface area contributed by atoms with Crippen LogP contribution in [0.15, 0.2) is 46.9 Å². The van der Waals surface area contributed by atoms with E-state index < -0.39 is 17.8 Å². The fraction of sp³-hybridized carbons (Fsp3) is 0.250. The summed E-state index contributed by atoms with van der Waals surface area (Å²) >= 11 is 4.26. The van der Waals surface area contributed by atoms with Crippen LogP contribution in [0.1, 0.15) is 34.7 Å². The predicted octanol–water partition coefficient (Wildman–Crippen LogP) is 4.87. The summed E-state index contributed by atoms with van der Waals surface area (Å²) in [5.41, 5.74) is 7.09. The van der Waals surface area contributed by atoms with E-state index in [1.165, 1.54) is 6.92 Å². The van der Waals surface area contributed by atoms with Crippen molar-refractivity contribution < 1.29 is 18.0 Å². The Labute approximate surface area is 183 Å². The van der Waals surface area contributed by atoms with Crippen molar-refractivity contribution in [3.05, 3.63) is 68.6 Å². The summed E-state index contributed by atoms with van der Waals surface area (Å²) in [6.45, 7) is 1.83. The molecule has 0 aliphatic carbocycles. The lowest BCUT2D eigenvalue weighted by Gasteiger charge is -2.15. The Hall–Kier alpha value is -2.30. The summed E-state index contributed by atoms with van der Waals surface area (Å²) in [6, 6.07) is 10.8. The van der Waals surface area contributed by atoms with Crippen LogP contribution >= 0.6 is 27.3 Å². The molecule has 1 aromatic heterocycles. The lowest BCUT2D eigenvalue weighted by atomic mass is 10.0. The minimum Gasteiger partial charge on any atom is -0.347 e. The number of carbonyl (C=O) groups excluding carboxylic acids is 1. The molecular weight excluding hydrogens is 481 g/mol. The Kier molecular flexibility index (Phi) is 6.89. The topological polar surface area (TPSA) is 80.9 Å². The largest absolute Gasteiger partial charge is 0.416 e. The minimum absolute atomic E-state index is 0.239. The minimum atomic E-state index is -4.47. The summed E-state index contributed by atoms with van der Waals surface area (Å²) in [5, 5.41) is 11.9. The number of amides is 1. The van der Waals surface area contributed by atoms with E-state index in [1.807, 2.05) is 24.3 Å². The molecule has 0 saturated carbocycles. The van der Waals surface area contributed by atoms with Crippen LogP contribution in [0.5, 0.6) is 0 Å². The first-order chi connectivity index (χ1) is 14.2. The lowest BCUT2D eigenvalue weighted by Crippen LogP contribution is -2.27. The number of halogens is 4. The van der Waals surface area contributed by atoms with Gasteiger partial charge in [0.15, 0.2) is 0 Å². The highest BCUT2D eigenvalue weighted by molar-refractivity contribution is 9.10. The summed E-state index contributed by atoms with van der Waals surface area (Å²) in [6.07, 6.45) is -4.01. The number of rotatable bonds is 6. The van der Waals surface area contributed by atoms with E-state index in [-0.39, 0.29) is 5.91 Å². The molecule has 1 amide bonds. The number of nitrogens with one attached hydrogen (secondary N) is 1. The van der Waals surface area contributed by atoms with Gasteiger partial charge in [-0.25, -0.2) is 0 Å². The smallest absolute Gasteiger partial charge is 0.347 e. The summed E-state index contributed by atoms with van der Waals surface area (Å²) < 4.78 is 39.7. The monoisotopic (exact) mass is 498 g/mol. The van der Waals surface area contributed by atoms with E-state index in [1.54, 1.807) is 6.07 Å². The molecule has 3 rings (SSSR count). The molecular formula is C20H18BrF3N4OS. The maximum atomic E-state index is 13.1. The van der Waals surface area contributed by atoms with Gasteiger partial charge in [-0.1, -0.05) is 51.5 Å². The van der Waals surface area contributed by atoms with Gasteiger partial charge in [-0.2, -0.15) is 13.2 Å². The highest BCUT2D eigenvalue weighted by Gasteiger charge is 2.31. The Morgan fingerprint density at radius 1 is 1.17 bits per heavy atom. The summed E-state index contributed by atoms with van der Waals surface area (Å²) in [4.78, 5) is 11.7. The second-order valence-electron chi connectivity index (χ2n) is 6.65. The predicted molar refractivity (Wildman–Crippen MR) is 113 cm³/mol. The van der Waals surface area contributed by atoms with Gasteiger partial charge < -0.3 is 11.1 Å². The molecule has 0 bridgehead atoms. The Morgan fingerprint density at radius 3 is 2.43 bits per heavy atom.